The van der Waals surface area contributed by atoms with Gasteiger partial charge in [0.25, 0.3) is 0 Å². The molecule has 4 nitrogen and oxygen atoms in total. The fourth-order valence-corrected chi connectivity index (χ4v) is 2.21. The minimum absolute atomic E-state index is 0.0662. The zero-order valence-corrected chi connectivity index (χ0v) is 8.54. The molecule has 1 aromatic rings. The maximum absolute atomic E-state index is 11.6. The van der Waals surface area contributed by atoms with Crippen molar-refractivity contribution in [1.29, 1.82) is 0 Å². The molecule has 1 unspecified atom stereocenters. The Bertz CT molecular complexity index is 313. The lowest BCUT2D eigenvalue weighted by Crippen LogP contribution is -2.30. The third-order valence-corrected chi connectivity index (χ3v) is 3.12. The number of hydrogen-bond acceptors (Lipinski definition) is 4. The Hall–Kier alpha value is -0.940. The third kappa shape index (κ3) is 1.93. The van der Waals surface area contributed by atoms with Crippen LogP contribution in [0.1, 0.15) is 19.3 Å². The van der Waals surface area contributed by atoms with Gasteiger partial charge in [0, 0.05) is 24.5 Å². The van der Waals surface area contributed by atoms with Crippen molar-refractivity contribution in [3.8, 4) is 0 Å². The molecule has 1 aliphatic heterocycles. The molecule has 1 N–H and O–H groups in total. The Morgan fingerprint density at radius 3 is 3.14 bits per heavy atom. The van der Waals surface area contributed by atoms with E-state index in [1.54, 1.807) is 11.1 Å². The fourth-order valence-electron chi connectivity index (χ4n) is 1.52. The van der Waals surface area contributed by atoms with Gasteiger partial charge in [-0.2, -0.15) is 0 Å². The highest BCUT2D eigenvalue weighted by molar-refractivity contribution is 7.13. The maximum atomic E-state index is 11.6. The van der Waals surface area contributed by atoms with Crippen LogP contribution in [-0.4, -0.2) is 28.6 Å². The number of nitrogens with zero attached hydrogens (tertiary/aromatic N) is 2. The van der Waals surface area contributed by atoms with Crippen LogP contribution < -0.4 is 4.90 Å². The van der Waals surface area contributed by atoms with Gasteiger partial charge in [-0.1, -0.05) is 0 Å². The first-order chi connectivity index (χ1) is 6.77. The Morgan fingerprint density at radius 1 is 1.57 bits per heavy atom. The van der Waals surface area contributed by atoms with Gasteiger partial charge in [-0.15, -0.1) is 11.3 Å². The van der Waals surface area contributed by atoms with Crippen LogP contribution in [-0.2, 0) is 4.79 Å². The summed E-state index contributed by atoms with van der Waals surface area (Å²) in [5, 5.41) is 12.0. The summed E-state index contributed by atoms with van der Waals surface area (Å²) in [5.41, 5.74) is 0. The van der Waals surface area contributed by atoms with E-state index in [0.717, 1.165) is 5.13 Å². The van der Waals surface area contributed by atoms with Crippen LogP contribution in [0.2, 0.25) is 0 Å². The number of rotatable bonds is 1. The van der Waals surface area contributed by atoms with E-state index in [1.165, 1.54) is 11.3 Å². The van der Waals surface area contributed by atoms with Crippen molar-refractivity contribution in [3.05, 3.63) is 11.6 Å². The van der Waals surface area contributed by atoms with E-state index >= 15 is 0 Å². The Labute approximate surface area is 86.2 Å². The average molecular weight is 212 g/mol. The minimum Gasteiger partial charge on any atom is -0.393 e. The highest BCUT2D eigenvalue weighted by Gasteiger charge is 2.23. The molecule has 1 saturated heterocycles. The van der Waals surface area contributed by atoms with Crippen molar-refractivity contribution in [2.45, 2.75) is 25.4 Å². The van der Waals surface area contributed by atoms with Gasteiger partial charge in [-0.3, -0.25) is 9.69 Å². The van der Waals surface area contributed by atoms with Crippen molar-refractivity contribution >= 4 is 22.4 Å². The summed E-state index contributed by atoms with van der Waals surface area (Å²) in [7, 11) is 0. The van der Waals surface area contributed by atoms with Crippen molar-refractivity contribution in [1.82, 2.24) is 4.98 Å². The standard InChI is InChI=1S/C9H12N2O2S/c12-7-1-2-8(13)11(5-3-7)9-10-4-6-14-9/h4,6-7,12H,1-3,5H2. The van der Waals surface area contributed by atoms with Gasteiger partial charge in [0.05, 0.1) is 6.10 Å². The van der Waals surface area contributed by atoms with E-state index < -0.39 is 0 Å². The van der Waals surface area contributed by atoms with E-state index in [-0.39, 0.29) is 12.0 Å². The molecule has 0 aliphatic carbocycles. The molecular weight excluding hydrogens is 200 g/mol. The van der Waals surface area contributed by atoms with Crippen LogP contribution in [0.4, 0.5) is 5.13 Å². The topological polar surface area (TPSA) is 53.4 Å². The molecule has 1 aliphatic rings. The smallest absolute Gasteiger partial charge is 0.228 e. The van der Waals surface area contributed by atoms with E-state index in [2.05, 4.69) is 4.98 Å². The van der Waals surface area contributed by atoms with Crippen molar-refractivity contribution < 1.29 is 9.90 Å². The number of anilines is 1. The first kappa shape index (κ1) is 9.61. The molecule has 5 heteroatoms. The molecule has 2 heterocycles. The SMILES string of the molecule is O=C1CCC(O)CCN1c1nccs1. The number of thiazole rings is 1. The van der Waals surface area contributed by atoms with Crippen molar-refractivity contribution in [2.24, 2.45) is 0 Å². The van der Waals surface area contributed by atoms with E-state index in [4.69, 9.17) is 0 Å². The molecule has 14 heavy (non-hydrogen) atoms. The molecule has 2 rings (SSSR count). The molecule has 1 fully saturated rings. The molecule has 0 spiro atoms. The van der Waals surface area contributed by atoms with Crippen LogP contribution in [0, 0.1) is 0 Å². The molecule has 0 radical (unpaired) electrons. The monoisotopic (exact) mass is 212 g/mol. The molecule has 1 aromatic heterocycles. The summed E-state index contributed by atoms with van der Waals surface area (Å²) >= 11 is 1.46. The number of aliphatic hydroxyl groups excluding tert-OH is 1. The van der Waals surface area contributed by atoms with Gasteiger partial charge in [0.2, 0.25) is 5.91 Å². The predicted molar refractivity (Wildman–Crippen MR) is 54.3 cm³/mol. The van der Waals surface area contributed by atoms with Crippen LogP contribution in [0.15, 0.2) is 11.6 Å². The van der Waals surface area contributed by atoms with Crippen molar-refractivity contribution in [2.75, 3.05) is 11.4 Å². The average Bonchev–Trinajstić information content (AvgIpc) is 2.63. The zero-order chi connectivity index (χ0) is 9.97. The first-order valence-corrected chi connectivity index (χ1v) is 5.53. The Kier molecular flexibility index (Phi) is 2.79. The largest absolute Gasteiger partial charge is 0.393 e. The number of amides is 1. The summed E-state index contributed by atoms with van der Waals surface area (Å²) in [6, 6.07) is 0. The summed E-state index contributed by atoms with van der Waals surface area (Å²) in [5.74, 6) is 0.0662. The summed E-state index contributed by atoms with van der Waals surface area (Å²) < 4.78 is 0. The lowest BCUT2D eigenvalue weighted by molar-refractivity contribution is -0.118. The second kappa shape index (κ2) is 4.06. The predicted octanol–water partition coefficient (Wildman–Crippen LogP) is 1.02. The number of carbonyl (C=O) groups is 1. The zero-order valence-electron chi connectivity index (χ0n) is 7.72. The van der Waals surface area contributed by atoms with Gasteiger partial charge in [-0.25, -0.2) is 4.98 Å². The van der Waals surface area contributed by atoms with E-state index in [9.17, 15) is 9.90 Å². The number of aromatic nitrogens is 1. The Morgan fingerprint density at radius 2 is 2.43 bits per heavy atom. The highest BCUT2D eigenvalue weighted by Crippen LogP contribution is 2.22. The second-order valence-electron chi connectivity index (χ2n) is 3.34. The lowest BCUT2D eigenvalue weighted by Gasteiger charge is -2.16. The number of carbonyl (C=O) groups excluding carboxylic acids is 1. The maximum Gasteiger partial charge on any atom is 0.228 e. The van der Waals surface area contributed by atoms with Crippen molar-refractivity contribution in [3.63, 3.8) is 0 Å². The van der Waals surface area contributed by atoms with Crippen LogP contribution in [0.3, 0.4) is 0 Å². The van der Waals surface area contributed by atoms with Crippen LogP contribution >= 0.6 is 11.3 Å². The summed E-state index contributed by atoms with van der Waals surface area (Å²) in [4.78, 5) is 17.4. The number of hydrogen-bond donors (Lipinski definition) is 1. The van der Waals surface area contributed by atoms with Gasteiger partial charge < -0.3 is 5.11 Å². The number of aliphatic hydroxyl groups is 1. The summed E-state index contributed by atoms with van der Waals surface area (Å²) in [6.07, 6.45) is 2.98. The van der Waals surface area contributed by atoms with Gasteiger partial charge >= 0.3 is 0 Å². The fraction of sp³-hybridized carbons (Fsp3) is 0.556. The molecule has 76 valence electrons. The minimum atomic E-state index is -0.344. The normalized spacial score (nSPS) is 23.6. The Balaban J connectivity index is 2.14. The molecule has 0 bridgehead atoms. The highest BCUT2D eigenvalue weighted by atomic mass is 32.1. The quantitative estimate of drug-likeness (QED) is 0.756. The molecule has 1 atom stereocenters. The van der Waals surface area contributed by atoms with E-state index in [1.807, 2.05) is 5.38 Å². The van der Waals surface area contributed by atoms with Gasteiger partial charge in [-0.05, 0) is 12.8 Å². The molecule has 0 saturated carbocycles. The van der Waals surface area contributed by atoms with Gasteiger partial charge in [0.15, 0.2) is 5.13 Å². The first-order valence-electron chi connectivity index (χ1n) is 4.65. The third-order valence-electron chi connectivity index (χ3n) is 2.33. The molecular formula is C9H12N2O2S. The second-order valence-corrected chi connectivity index (χ2v) is 4.21. The molecule has 0 aromatic carbocycles. The van der Waals surface area contributed by atoms with Gasteiger partial charge in [0.1, 0.15) is 0 Å². The lowest BCUT2D eigenvalue weighted by atomic mass is 10.2. The summed E-state index contributed by atoms with van der Waals surface area (Å²) in [6.45, 7) is 0.577. The molecule has 1 amide bonds. The van der Waals surface area contributed by atoms with E-state index in [0.29, 0.717) is 25.8 Å². The van der Waals surface area contributed by atoms with Crippen LogP contribution in [0.25, 0.3) is 0 Å². The van der Waals surface area contributed by atoms with Crippen LogP contribution in [0.5, 0.6) is 0 Å².